The molecule has 5 nitrogen and oxygen atoms in total. The maximum absolute atomic E-state index is 13.6. The average Bonchev–Trinajstić information content (AvgIpc) is 2.58. The normalized spacial score (nSPS) is 11.9. The molecule has 0 bridgehead atoms. The van der Waals surface area contributed by atoms with E-state index in [1.807, 2.05) is 0 Å². The summed E-state index contributed by atoms with van der Waals surface area (Å²) >= 11 is 5.79. The van der Waals surface area contributed by atoms with E-state index in [1.165, 1.54) is 12.1 Å². The van der Waals surface area contributed by atoms with Crippen LogP contribution in [0.15, 0.2) is 48.5 Å². The summed E-state index contributed by atoms with van der Waals surface area (Å²) in [6.07, 6.45) is 0. The standard InChI is InChI=1S/C18H19ClFN3O2/c1-12(18(25)22-16-6-4-3-5-15(16)20)23(2)11-17(24)21-14-9-7-13(19)8-10-14/h3-10,12H,11H2,1-2H3,(H,21,24)(H,22,25)/t12-/m1/s1. The van der Waals surface area contributed by atoms with Crippen molar-refractivity contribution in [1.82, 2.24) is 4.90 Å². The summed E-state index contributed by atoms with van der Waals surface area (Å²) < 4.78 is 13.6. The molecule has 0 aliphatic heterocycles. The molecular weight excluding hydrogens is 345 g/mol. The van der Waals surface area contributed by atoms with E-state index in [1.54, 1.807) is 55.3 Å². The molecule has 2 amide bonds. The number of carbonyl (C=O) groups excluding carboxylic acids is 2. The maximum atomic E-state index is 13.6. The second-order valence-electron chi connectivity index (χ2n) is 5.62. The van der Waals surface area contributed by atoms with E-state index < -0.39 is 17.8 Å². The number of nitrogens with one attached hydrogen (secondary N) is 2. The highest BCUT2D eigenvalue weighted by molar-refractivity contribution is 6.30. The molecule has 0 heterocycles. The number of nitrogens with zero attached hydrogens (tertiary/aromatic N) is 1. The van der Waals surface area contributed by atoms with E-state index in [0.29, 0.717) is 10.7 Å². The van der Waals surface area contributed by atoms with Crippen molar-refractivity contribution < 1.29 is 14.0 Å². The zero-order valence-corrected chi connectivity index (χ0v) is 14.7. The Morgan fingerprint density at radius 2 is 1.76 bits per heavy atom. The monoisotopic (exact) mass is 363 g/mol. The smallest absolute Gasteiger partial charge is 0.241 e. The first-order valence-electron chi connectivity index (χ1n) is 7.68. The van der Waals surface area contributed by atoms with Crippen LogP contribution in [-0.2, 0) is 9.59 Å². The fourth-order valence-corrected chi connectivity index (χ4v) is 2.22. The van der Waals surface area contributed by atoms with Gasteiger partial charge < -0.3 is 10.6 Å². The second-order valence-corrected chi connectivity index (χ2v) is 6.05. The van der Waals surface area contributed by atoms with Crippen molar-refractivity contribution in [2.75, 3.05) is 24.2 Å². The van der Waals surface area contributed by atoms with E-state index >= 15 is 0 Å². The van der Waals surface area contributed by atoms with Gasteiger partial charge in [-0.25, -0.2) is 4.39 Å². The van der Waals surface area contributed by atoms with Crippen LogP contribution in [0.3, 0.4) is 0 Å². The van der Waals surface area contributed by atoms with Crippen LogP contribution >= 0.6 is 11.6 Å². The molecule has 2 aromatic carbocycles. The van der Waals surface area contributed by atoms with Gasteiger partial charge in [-0.3, -0.25) is 14.5 Å². The molecule has 0 aromatic heterocycles. The van der Waals surface area contributed by atoms with Crippen LogP contribution in [0, 0.1) is 5.82 Å². The summed E-state index contributed by atoms with van der Waals surface area (Å²) in [4.78, 5) is 25.9. The lowest BCUT2D eigenvalue weighted by atomic mass is 10.2. The van der Waals surface area contributed by atoms with Gasteiger partial charge in [0.25, 0.3) is 0 Å². The van der Waals surface area contributed by atoms with Gasteiger partial charge in [-0.1, -0.05) is 23.7 Å². The lowest BCUT2D eigenvalue weighted by Crippen LogP contribution is -2.43. The molecule has 0 saturated heterocycles. The molecule has 0 aliphatic carbocycles. The number of para-hydroxylation sites is 1. The summed E-state index contributed by atoms with van der Waals surface area (Å²) in [5.41, 5.74) is 0.727. The summed E-state index contributed by atoms with van der Waals surface area (Å²) in [5.74, 6) is -1.17. The minimum atomic E-state index is -0.615. The first-order valence-corrected chi connectivity index (χ1v) is 8.05. The largest absolute Gasteiger partial charge is 0.325 e. The van der Waals surface area contributed by atoms with Crippen molar-refractivity contribution in [3.63, 3.8) is 0 Å². The molecule has 0 saturated carbocycles. The number of carbonyl (C=O) groups is 2. The van der Waals surface area contributed by atoms with Gasteiger partial charge in [0.1, 0.15) is 5.82 Å². The maximum Gasteiger partial charge on any atom is 0.241 e. The van der Waals surface area contributed by atoms with Crippen LogP contribution in [0.4, 0.5) is 15.8 Å². The molecule has 7 heteroatoms. The molecule has 0 fully saturated rings. The van der Waals surface area contributed by atoms with Crippen molar-refractivity contribution in [3.05, 3.63) is 59.4 Å². The van der Waals surface area contributed by atoms with Gasteiger partial charge in [0.05, 0.1) is 18.3 Å². The lowest BCUT2D eigenvalue weighted by Gasteiger charge is -2.23. The SMILES string of the molecule is C[C@H](C(=O)Nc1ccccc1F)N(C)CC(=O)Nc1ccc(Cl)cc1. The highest BCUT2D eigenvalue weighted by Gasteiger charge is 2.21. The Labute approximate surface area is 150 Å². The molecule has 132 valence electrons. The van der Waals surface area contributed by atoms with Gasteiger partial charge in [0, 0.05) is 10.7 Å². The number of hydrogen-bond acceptors (Lipinski definition) is 3. The van der Waals surface area contributed by atoms with Crippen LogP contribution in [-0.4, -0.2) is 36.3 Å². The van der Waals surface area contributed by atoms with Gasteiger partial charge in [-0.2, -0.15) is 0 Å². The van der Waals surface area contributed by atoms with E-state index in [9.17, 15) is 14.0 Å². The number of likely N-dealkylation sites (N-methyl/N-ethyl adjacent to an activating group) is 1. The van der Waals surface area contributed by atoms with Crippen LogP contribution in [0.5, 0.6) is 0 Å². The molecule has 0 spiro atoms. The molecule has 25 heavy (non-hydrogen) atoms. The number of anilines is 2. The van der Waals surface area contributed by atoms with Crippen molar-refractivity contribution in [1.29, 1.82) is 0 Å². The molecule has 0 radical (unpaired) electrons. The predicted octanol–water partition coefficient (Wildman–Crippen LogP) is 3.38. The molecule has 1 atom stereocenters. The molecule has 0 aliphatic rings. The van der Waals surface area contributed by atoms with Crippen molar-refractivity contribution in [2.45, 2.75) is 13.0 Å². The highest BCUT2D eigenvalue weighted by atomic mass is 35.5. The number of amides is 2. The zero-order chi connectivity index (χ0) is 18.4. The molecule has 2 aromatic rings. The Hall–Kier alpha value is -2.44. The number of hydrogen-bond donors (Lipinski definition) is 2. The second kappa shape index (κ2) is 8.60. The average molecular weight is 364 g/mol. The third-order valence-electron chi connectivity index (χ3n) is 3.69. The summed E-state index contributed by atoms with van der Waals surface area (Å²) in [6, 6.07) is 12.0. The van der Waals surface area contributed by atoms with E-state index in [0.717, 1.165) is 0 Å². The van der Waals surface area contributed by atoms with Crippen LogP contribution in [0.25, 0.3) is 0 Å². The van der Waals surface area contributed by atoms with E-state index in [4.69, 9.17) is 11.6 Å². The van der Waals surface area contributed by atoms with Crippen LogP contribution in [0.1, 0.15) is 6.92 Å². The molecule has 2 N–H and O–H groups in total. The topological polar surface area (TPSA) is 61.4 Å². The fraction of sp³-hybridized carbons (Fsp3) is 0.222. The zero-order valence-electron chi connectivity index (χ0n) is 13.9. The van der Waals surface area contributed by atoms with Gasteiger partial charge in [-0.15, -0.1) is 0 Å². The van der Waals surface area contributed by atoms with Gasteiger partial charge in [0.2, 0.25) is 11.8 Å². The first kappa shape index (κ1) is 18.9. The molecular formula is C18H19ClFN3O2. The summed E-state index contributed by atoms with van der Waals surface area (Å²) in [5, 5.41) is 5.82. The van der Waals surface area contributed by atoms with E-state index in [-0.39, 0.29) is 18.1 Å². The van der Waals surface area contributed by atoms with Crippen molar-refractivity contribution in [2.24, 2.45) is 0 Å². The minimum absolute atomic E-state index is 0.00842. The Balaban J connectivity index is 1.89. The van der Waals surface area contributed by atoms with Crippen LogP contribution in [0.2, 0.25) is 5.02 Å². The molecule has 2 rings (SSSR count). The quantitative estimate of drug-likeness (QED) is 0.827. The summed E-state index contributed by atoms with van der Waals surface area (Å²) in [6.45, 7) is 1.65. The minimum Gasteiger partial charge on any atom is -0.325 e. The van der Waals surface area contributed by atoms with Gasteiger partial charge in [-0.05, 0) is 50.4 Å². The third-order valence-corrected chi connectivity index (χ3v) is 3.95. The lowest BCUT2D eigenvalue weighted by molar-refractivity contribution is -0.122. The fourth-order valence-electron chi connectivity index (χ4n) is 2.10. The number of rotatable bonds is 6. The molecule has 0 unspecified atom stereocenters. The van der Waals surface area contributed by atoms with Crippen LogP contribution < -0.4 is 10.6 Å². The Bertz CT molecular complexity index is 752. The Morgan fingerprint density at radius 3 is 2.40 bits per heavy atom. The predicted molar refractivity (Wildman–Crippen MR) is 97.2 cm³/mol. The van der Waals surface area contributed by atoms with Gasteiger partial charge in [0.15, 0.2) is 0 Å². The Morgan fingerprint density at radius 1 is 1.12 bits per heavy atom. The Kier molecular flexibility index (Phi) is 6.50. The highest BCUT2D eigenvalue weighted by Crippen LogP contribution is 2.14. The van der Waals surface area contributed by atoms with Crippen molar-refractivity contribution in [3.8, 4) is 0 Å². The number of halogens is 2. The first-order chi connectivity index (χ1) is 11.9. The summed E-state index contributed by atoms with van der Waals surface area (Å²) in [7, 11) is 1.65. The van der Waals surface area contributed by atoms with Gasteiger partial charge >= 0.3 is 0 Å². The van der Waals surface area contributed by atoms with Crippen molar-refractivity contribution >= 4 is 34.8 Å². The van der Waals surface area contributed by atoms with E-state index in [2.05, 4.69) is 10.6 Å². The number of benzene rings is 2. The third kappa shape index (κ3) is 5.55.